The fourth-order valence-electron chi connectivity index (χ4n) is 4.71. The predicted molar refractivity (Wildman–Crippen MR) is 113 cm³/mol. The lowest BCUT2D eigenvalue weighted by Crippen LogP contribution is -2.36. The minimum absolute atomic E-state index is 0. The van der Waals surface area contributed by atoms with Crippen LogP contribution >= 0.6 is 12.4 Å². The van der Waals surface area contributed by atoms with Gasteiger partial charge in [0.1, 0.15) is 11.7 Å². The van der Waals surface area contributed by atoms with Gasteiger partial charge in [0.2, 0.25) is 12.5 Å². The van der Waals surface area contributed by atoms with Gasteiger partial charge in [-0.25, -0.2) is 4.79 Å². The second kappa shape index (κ2) is 8.01. The lowest BCUT2D eigenvalue weighted by atomic mass is 9.85. The fourth-order valence-corrected chi connectivity index (χ4v) is 4.71. The van der Waals surface area contributed by atoms with Crippen LogP contribution in [-0.2, 0) is 11.2 Å². The van der Waals surface area contributed by atoms with E-state index in [2.05, 4.69) is 4.90 Å². The molecular formula is C22H24ClNO7. The zero-order valence-electron chi connectivity index (χ0n) is 17.7. The molecule has 3 heterocycles. The van der Waals surface area contributed by atoms with Crippen LogP contribution in [0.25, 0.3) is 0 Å². The van der Waals surface area contributed by atoms with Gasteiger partial charge in [-0.1, -0.05) is 6.07 Å². The van der Waals surface area contributed by atoms with Crippen molar-refractivity contribution in [3.63, 3.8) is 0 Å². The molecule has 3 aliphatic rings. The molecule has 0 unspecified atom stereocenters. The van der Waals surface area contributed by atoms with Crippen molar-refractivity contribution in [2.75, 3.05) is 41.7 Å². The van der Waals surface area contributed by atoms with Gasteiger partial charge in [0.15, 0.2) is 23.0 Å². The van der Waals surface area contributed by atoms with Gasteiger partial charge in [-0.2, -0.15) is 0 Å². The molecule has 0 fully saturated rings. The van der Waals surface area contributed by atoms with Crippen LogP contribution in [0.1, 0.15) is 39.2 Å². The first-order valence-corrected chi connectivity index (χ1v) is 9.74. The number of hydrogen-bond acceptors (Lipinski definition) is 8. The SMILES string of the molecule is COc1ccc2c(c1OC)C(=O)O[C@@H]2[C@H]1c2c(cc3c(c2OC)OCO3)CCN1C.Cl. The van der Waals surface area contributed by atoms with Gasteiger partial charge in [0, 0.05) is 17.7 Å². The number of cyclic esters (lactones) is 1. The number of rotatable bonds is 4. The quantitative estimate of drug-likeness (QED) is 0.658. The molecule has 166 valence electrons. The monoisotopic (exact) mass is 449 g/mol. The Morgan fingerprint density at radius 1 is 1.06 bits per heavy atom. The molecule has 0 spiro atoms. The van der Waals surface area contributed by atoms with E-state index in [1.54, 1.807) is 20.3 Å². The molecule has 0 aliphatic carbocycles. The summed E-state index contributed by atoms with van der Waals surface area (Å²) in [5, 5.41) is 0. The van der Waals surface area contributed by atoms with E-state index in [0.717, 1.165) is 29.7 Å². The van der Waals surface area contributed by atoms with Crippen molar-refractivity contribution in [2.45, 2.75) is 18.6 Å². The average molecular weight is 450 g/mol. The van der Waals surface area contributed by atoms with Crippen molar-refractivity contribution < 1.29 is 33.2 Å². The van der Waals surface area contributed by atoms with Gasteiger partial charge in [0.25, 0.3) is 0 Å². The Kier molecular flexibility index (Phi) is 5.53. The summed E-state index contributed by atoms with van der Waals surface area (Å²) in [6, 6.07) is 5.43. The topological polar surface area (TPSA) is 75.7 Å². The summed E-state index contributed by atoms with van der Waals surface area (Å²) < 4.78 is 33.8. The molecular weight excluding hydrogens is 426 g/mol. The van der Waals surface area contributed by atoms with E-state index >= 15 is 0 Å². The zero-order valence-corrected chi connectivity index (χ0v) is 18.5. The highest BCUT2D eigenvalue weighted by Gasteiger charge is 2.46. The largest absolute Gasteiger partial charge is 0.493 e. The highest BCUT2D eigenvalue weighted by molar-refractivity contribution is 5.98. The van der Waals surface area contributed by atoms with E-state index in [1.165, 1.54) is 7.11 Å². The van der Waals surface area contributed by atoms with Gasteiger partial charge in [-0.05, 0) is 31.2 Å². The minimum atomic E-state index is -0.523. The molecule has 2 atom stereocenters. The van der Waals surface area contributed by atoms with E-state index in [9.17, 15) is 4.79 Å². The first-order chi connectivity index (χ1) is 14.6. The lowest BCUT2D eigenvalue weighted by Gasteiger charge is -2.38. The molecule has 0 saturated heterocycles. The van der Waals surface area contributed by atoms with Gasteiger partial charge in [-0.3, -0.25) is 4.90 Å². The summed E-state index contributed by atoms with van der Waals surface area (Å²) in [5.41, 5.74) is 3.23. The highest BCUT2D eigenvalue weighted by atomic mass is 35.5. The third kappa shape index (κ3) is 3.04. The number of fused-ring (bicyclic) bond motifs is 3. The van der Waals surface area contributed by atoms with Gasteiger partial charge in [-0.15, -0.1) is 12.4 Å². The summed E-state index contributed by atoms with van der Waals surface area (Å²) in [7, 11) is 6.70. The smallest absolute Gasteiger partial charge is 0.343 e. The van der Waals surface area contributed by atoms with Crippen LogP contribution in [0.15, 0.2) is 18.2 Å². The Hall–Kier alpha value is -2.84. The summed E-state index contributed by atoms with van der Waals surface area (Å²) in [6.45, 7) is 0.963. The number of esters is 1. The molecule has 0 saturated carbocycles. The lowest BCUT2D eigenvalue weighted by molar-refractivity contribution is 0.00874. The van der Waals surface area contributed by atoms with Crippen molar-refractivity contribution in [3.8, 4) is 28.7 Å². The second-order valence-corrected chi connectivity index (χ2v) is 7.48. The predicted octanol–water partition coefficient (Wildman–Crippen LogP) is 3.30. The third-order valence-electron chi connectivity index (χ3n) is 6.06. The zero-order chi connectivity index (χ0) is 21.0. The van der Waals surface area contributed by atoms with E-state index in [0.29, 0.717) is 34.3 Å². The molecule has 0 bridgehead atoms. The number of halogens is 1. The highest BCUT2D eigenvalue weighted by Crippen LogP contribution is 2.55. The molecule has 2 aromatic carbocycles. The standard InChI is InChI=1S/C22H23NO7.ClH/c1-23-8-7-11-9-14-20(29-10-28-14)21(27-4)15(11)17(23)18-12-5-6-13(25-2)19(26-3)16(12)22(24)30-18;/h5-6,9,17-18H,7-8,10H2,1-4H3;1H/t17-,18+;/m1./s1. The molecule has 3 aliphatic heterocycles. The molecule has 0 radical (unpaired) electrons. The maximum Gasteiger partial charge on any atom is 0.343 e. The van der Waals surface area contributed by atoms with Crippen LogP contribution in [0.2, 0.25) is 0 Å². The van der Waals surface area contributed by atoms with E-state index in [-0.39, 0.29) is 25.2 Å². The average Bonchev–Trinajstić information content (AvgIpc) is 3.35. The van der Waals surface area contributed by atoms with Crippen LogP contribution < -0.4 is 23.7 Å². The number of benzene rings is 2. The Bertz CT molecular complexity index is 1040. The first-order valence-electron chi connectivity index (χ1n) is 9.74. The second-order valence-electron chi connectivity index (χ2n) is 7.48. The van der Waals surface area contributed by atoms with Crippen LogP contribution in [0.5, 0.6) is 28.7 Å². The number of hydrogen-bond donors (Lipinski definition) is 0. The fraction of sp³-hybridized carbons (Fsp3) is 0.409. The van der Waals surface area contributed by atoms with E-state index in [1.807, 2.05) is 19.2 Å². The van der Waals surface area contributed by atoms with E-state index in [4.69, 9.17) is 28.4 Å². The molecule has 0 aromatic heterocycles. The normalized spacial score (nSPS) is 21.0. The van der Waals surface area contributed by atoms with Gasteiger partial charge < -0.3 is 28.4 Å². The number of ether oxygens (including phenoxy) is 6. The third-order valence-corrected chi connectivity index (χ3v) is 6.06. The summed E-state index contributed by atoms with van der Waals surface area (Å²) >= 11 is 0. The maximum absolute atomic E-state index is 12.9. The van der Waals surface area contributed by atoms with Crippen LogP contribution in [0.3, 0.4) is 0 Å². The van der Waals surface area contributed by atoms with Gasteiger partial charge >= 0.3 is 5.97 Å². The molecule has 0 amide bonds. The molecule has 9 heteroatoms. The van der Waals surface area contributed by atoms with E-state index < -0.39 is 12.1 Å². The summed E-state index contributed by atoms with van der Waals surface area (Å²) in [5.74, 6) is 2.36. The summed E-state index contributed by atoms with van der Waals surface area (Å²) in [6.07, 6.45) is 0.306. The first kappa shape index (κ1) is 21.4. The molecule has 2 aromatic rings. The Morgan fingerprint density at radius 2 is 1.84 bits per heavy atom. The van der Waals surface area contributed by atoms with Crippen molar-refractivity contribution in [3.05, 3.63) is 40.5 Å². The maximum atomic E-state index is 12.9. The van der Waals surface area contributed by atoms with Crippen LogP contribution in [0, 0.1) is 0 Å². The van der Waals surface area contributed by atoms with Crippen molar-refractivity contribution in [1.82, 2.24) is 4.90 Å². The summed E-state index contributed by atoms with van der Waals surface area (Å²) in [4.78, 5) is 15.1. The Labute approximate surface area is 186 Å². The Morgan fingerprint density at radius 3 is 2.55 bits per heavy atom. The number of carbonyl (C=O) groups excluding carboxylic acids is 1. The van der Waals surface area contributed by atoms with Gasteiger partial charge in [0.05, 0.1) is 27.4 Å². The van der Waals surface area contributed by atoms with Crippen molar-refractivity contribution >= 4 is 18.4 Å². The molecule has 5 rings (SSSR count). The molecule has 8 nitrogen and oxygen atoms in total. The molecule has 31 heavy (non-hydrogen) atoms. The number of carbonyl (C=O) groups is 1. The van der Waals surface area contributed by atoms with Crippen molar-refractivity contribution in [1.29, 1.82) is 0 Å². The number of methoxy groups -OCH3 is 3. The number of nitrogens with zero attached hydrogens (tertiary/aromatic N) is 1. The van der Waals surface area contributed by atoms with Crippen molar-refractivity contribution in [2.24, 2.45) is 0 Å². The molecule has 0 N–H and O–H groups in total. The van der Waals surface area contributed by atoms with Crippen LogP contribution in [-0.4, -0.2) is 52.6 Å². The Balaban J connectivity index is 0.00000231. The number of likely N-dealkylation sites (N-methyl/N-ethyl adjacent to an activating group) is 1. The van der Waals surface area contributed by atoms with Crippen LogP contribution in [0.4, 0.5) is 0 Å². The minimum Gasteiger partial charge on any atom is -0.493 e.